The summed E-state index contributed by atoms with van der Waals surface area (Å²) in [6.07, 6.45) is 2.57. The molecule has 22 heavy (non-hydrogen) atoms. The van der Waals surface area contributed by atoms with Gasteiger partial charge < -0.3 is 15.5 Å². The van der Waals surface area contributed by atoms with Crippen molar-refractivity contribution in [3.63, 3.8) is 0 Å². The van der Waals surface area contributed by atoms with Gasteiger partial charge in [0, 0.05) is 45.3 Å². The summed E-state index contributed by atoms with van der Waals surface area (Å²) in [5.74, 6) is 0. The molecule has 1 fully saturated rings. The second-order valence-corrected chi connectivity index (χ2v) is 6.77. The van der Waals surface area contributed by atoms with Crippen LogP contribution in [0.3, 0.4) is 0 Å². The molecule has 0 aromatic heterocycles. The first-order valence-electron chi connectivity index (χ1n) is 8.71. The Morgan fingerprint density at radius 1 is 1.05 bits per heavy atom. The highest BCUT2D eigenvalue weighted by Crippen LogP contribution is 2.32. The van der Waals surface area contributed by atoms with Crippen LogP contribution in [0, 0.1) is 0 Å². The number of piperazine rings is 1. The van der Waals surface area contributed by atoms with Gasteiger partial charge in [-0.2, -0.15) is 0 Å². The summed E-state index contributed by atoms with van der Waals surface area (Å²) in [7, 11) is 2.22. The number of fused-ring (bicyclic) bond motifs is 1. The van der Waals surface area contributed by atoms with Crippen LogP contribution in [0.25, 0.3) is 0 Å². The van der Waals surface area contributed by atoms with E-state index in [1.807, 2.05) is 0 Å². The van der Waals surface area contributed by atoms with Gasteiger partial charge in [0.2, 0.25) is 0 Å². The summed E-state index contributed by atoms with van der Waals surface area (Å²) in [6.45, 7) is 9.13. The normalized spacial score (nSPS) is 23.8. The van der Waals surface area contributed by atoms with Gasteiger partial charge in [0.25, 0.3) is 0 Å². The van der Waals surface area contributed by atoms with Crippen molar-refractivity contribution in [1.82, 2.24) is 14.7 Å². The third kappa shape index (κ3) is 3.69. The molecule has 1 atom stereocenters. The SMILES string of the molecule is CN1CCN(CCCCN2Cc3ccccc3C2CN)CC1. The topological polar surface area (TPSA) is 35.7 Å². The van der Waals surface area contributed by atoms with Crippen LogP contribution >= 0.6 is 0 Å². The largest absolute Gasteiger partial charge is 0.329 e. The van der Waals surface area contributed by atoms with Crippen LogP contribution < -0.4 is 5.73 Å². The lowest BCUT2D eigenvalue weighted by Crippen LogP contribution is -2.44. The number of rotatable bonds is 6. The van der Waals surface area contributed by atoms with Gasteiger partial charge in [0.05, 0.1) is 0 Å². The molecule has 1 saturated heterocycles. The summed E-state index contributed by atoms with van der Waals surface area (Å²) in [5, 5.41) is 0. The van der Waals surface area contributed by atoms with E-state index < -0.39 is 0 Å². The minimum Gasteiger partial charge on any atom is -0.329 e. The average Bonchev–Trinajstić information content (AvgIpc) is 2.90. The first-order chi connectivity index (χ1) is 10.8. The van der Waals surface area contributed by atoms with E-state index in [0.717, 1.165) is 13.1 Å². The number of hydrogen-bond acceptors (Lipinski definition) is 4. The van der Waals surface area contributed by atoms with Crippen molar-refractivity contribution in [3.8, 4) is 0 Å². The van der Waals surface area contributed by atoms with E-state index in [9.17, 15) is 0 Å². The summed E-state index contributed by atoms with van der Waals surface area (Å²) >= 11 is 0. The molecule has 2 heterocycles. The first-order valence-corrected chi connectivity index (χ1v) is 8.71. The molecule has 0 bridgehead atoms. The van der Waals surface area contributed by atoms with Gasteiger partial charge in [-0.1, -0.05) is 24.3 Å². The fraction of sp³-hybridized carbons (Fsp3) is 0.667. The molecule has 122 valence electrons. The second kappa shape index (κ2) is 7.55. The second-order valence-electron chi connectivity index (χ2n) is 6.77. The van der Waals surface area contributed by atoms with Crippen LogP contribution in [0.15, 0.2) is 24.3 Å². The minimum absolute atomic E-state index is 0.430. The van der Waals surface area contributed by atoms with E-state index in [4.69, 9.17) is 5.73 Å². The molecule has 2 N–H and O–H groups in total. The Bertz CT molecular complexity index is 468. The molecule has 0 radical (unpaired) electrons. The summed E-state index contributed by atoms with van der Waals surface area (Å²) in [5.41, 5.74) is 8.94. The molecular formula is C18H30N4. The zero-order valence-corrected chi connectivity index (χ0v) is 13.9. The summed E-state index contributed by atoms with van der Waals surface area (Å²) < 4.78 is 0. The number of hydrogen-bond donors (Lipinski definition) is 1. The summed E-state index contributed by atoms with van der Waals surface area (Å²) in [4.78, 5) is 7.59. The van der Waals surface area contributed by atoms with E-state index in [2.05, 4.69) is 46.0 Å². The average molecular weight is 302 g/mol. The maximum atomic E-state index is 6.02. The van der Waals surface area contributed by atoms with Gasteiger partial charge in [0.1, 0.15) is 0 Å². The van der Waals surface area contributed by atoms with Crippen molar-refractivity contribution in [1.29, 1.82) is 0 Å². The zero-order chi connectivity index (χ0) is 15.4. The highest BCUT2D eigenvalue weighted by atomic mass is 15.2. The molecule has 0 spiro atoms. The number of likely N-dealkylation sites (N-methyl/N-ethyl adjacent to an activating group) is 1. The van der Waals surface area contributed by atoms with Crippen molar-refractivity contribution in [2.45, 2.75) is 25.4 Å². The molecule has 0 saturated carbocycles. The van der Waals surface area contributed by atoms with Crippen molar-refractivity contribution in [2.24, 2.45) is 5.73 Å². The standard InChI is InChI=1S/C18H30N4/c1-20-10-12-21(13-11-20)8-4-5-9-22-15-16-6-2-3-7-17(16)18(22)14-19/h2-3,6-7,18H,4-5,8-15,19H2,1H3. The van der Waals surface area contributed by atoms with Crippen LogP contribution in [-0.4, -0.2) is 67.6 Å². The highest BCUT2D eigenvalue weighted by Gasteiger charge is 2.27. The lowest BCUT2D eigenvalue weighted by molar-refractivity contribution is 0.148. The van der Waals surface area contributed by atoms with Gasteiger partial charge in [-0.15, -0.1) is 0 Å². The Labute approximate surface area is 134 Å². The lowest BCUT2D eigenvalue weighted by Gasteiger charge is -2.32. The van der Waals surface area contributed by atoms with Crippen LogP contribution in [-0.2, 0) is 6.54 Å². The number of nitrogens with two attached hydrogens (primary N) is 1. The Kier molecular flexibility index (Phi) is 5.47. The maximum absolute atomic E-state index is 6.02. The molecule has 0 aliphatic carbocycles. The predicted octanol–water partition coefficient (Wildman–Crippen LogP) is 1.53. The quantitative estimate of drug-likeness (QED) is 0.809. The van der Waals surface area contributed by atoms with Crippen LogP contribution in [0.5, 0.6) is 0 Å². The van der Waals surface area contributed by atoms with E-state index in [1.165, 1.54) is 63.2 Å². The number of nitrogens with zero attached hydrogens (tertiary/aromatic N) is 3. The molecule has 3 rings (SSSR count). The van der Waals surface area contributed by atoms with Crippen molar-refractivity contribution in [3.05, 3.63) is 35.4 Å². The number of unbranched alkanes of at least 4 members (excludes halogenated alkanes) is 1. The minimum atomic E-state index is 0.430. The zero-order valence-electron chi connectivity index (χ0n) is 13.9. The Hall–Kier alpha value is -0.940. The van der Waals surface area contributed by atoms with Gasteiger partial charge in [-0.05, 0) is 44.1 Å². The Morgan fingerprint density at radius 2 is 1.77 bits per heavy atom. The van der Waals surface area contributed by atoms with E-state index >= 15 is 0 Å². The summed E-state index contributed by atoms with van der Waals surface area (Å²) in [6, 6.07) is 9.21. The van der Waals surface area contributed by atoms with Crippen LogP contribution in [0.4, 0.5) is 0 Å². The fourth-order valence-corrected chi connectivity index (χ4v) is 3.76. The fourth-order valence-electron chi connectivity index (χ4n) is 3.76. The van der Waals surface area contributed by atoms with E-state index in [0.29, 0.717) is 6.04 Å². The van der Waals surface area contributed by atoms with Crippen molar-refractivity contribution >= 4 is 0 Å². The Morgan fingerprint density at radius 3 is 2.55 bits per heavy atom. The lowest BCUT2D eigenvalue weighted by atomic mass is 10.1. The first kappa shape index (κ1) is 15.9. The molecule has 4 nitrogen and oxygen atoms in total. The van der Waals surface area contributed by atoms with Crippen LogP contribution in [0.2, 0.25) is 0 Å². The van der Waals surface area contributed by atoms with Crippen molar-refractivity contribution in [2.75, 3.05) is 52.9 Å². The molecule has 0 amide bonds. The molecule has 2 aliphatic heterocycles. The van der Waals surface area contributed by atoms with Gasteiger partial charge >= 0.3 is 0 Å². The molecule has 2 aliphatic rings. The predicted molar refractivity (Wildman–Crippen MR) is 91.8 cm³/mol. The smallest absolute Gasteiger partial charge is 0.0477 e. The monoisotopic (exact) mass is 302 g/mol. The molecule has 1 aromatic carbocycles. The van der Waals surface area contributed by atoms with E-state index in [-0.39, 0.29) is 0 Å². The molecule has 1 unspecified atom stereocenters. The molecule has 1 aromatic rings. The Balaban J connectivity index is 1.41. The molecular weight excluding hydrogens is 272 g/mol. The third-order valence-corrected chi connectivity index (χ3v) is 5.22. The maximum Gasteiger partial charge on any atom is 0.0477 e. The van der Waals surface area contributed by atoms with Crippen molar-refractivity contribution < 1.29 is 0 Å². The highest BCUT2D eigenvalue weighted by molar-refractivity contribution is 5.34. The van der Waals surface area contributed by atoms with E-state index in [1.54, 1.807) is 0 Å². The van der Waals surface area contributed by atoms with Gasteiger partial charge in [-0.25, -0.2) is 0 Å². The third-order valence-electron chi connectivity index (χ3n) is 5.22. The number of benzene rings is 1. The van der Waals surface area contributed by atoms with Gasteiger partial charge in [-0.3, -0.25) is 4.90 Å². The van der Waals surface area contributed by atoms with Gasteiger partial charge in [0.15, 0.2) is 0 Å². The molecule has 4 heteroatoms. The van der Waals surface area contributed by atoms with Crippen LogP contribution in [0.1, 0.15) is 30.0 Å².